The van der Waals surface area contributed by atoms with Crippen LogP contribution in [-0.4, -0.2) is 71.3 Å². The van der Waals surface area contributed by atoms with Gasteiger partial charge in [0.25, 0.3) is 5.91 Å². The number of amides is 1. The summed E-state index contributed by atoms with van der Waals surface area (Å²) in [5.74, 6) is 0.0114. The Kier molecular flexibility index (Phi) is 5.69. The van der Waals surface area contributed by atoms with E-state index in [1.165, 1.54) is 16.1 Å². The highest BCUT2D eigenvalue weighted by molar-refractivity contribution is 7.98. The molecule has 0 spiro atoms. The summed E-state index contributed by atoms with van der Waals surface area (Å²) < 4.78 is 27.3. The van der Waals surface area contributed by atoms with Gasteiger partial charge in [0.1, 0.15) is 0 Å². The van der Waals surface area contributed by atoms with Gasteiger partial charge in [0.05, 0.1) is 5.75 Å². The highest BCUT2D eigenvalue weighted by Crippen LogP contribution is 2.20. The van der Waals surface area contributed by atoms with Crippen LogP contribution >= 0.6 is 11.8 Å². The van der Waals surface area contributed by atoms with E-state index < -0.39 is 10.0 Å². The molecule has 2 heterocycles. The van der Waals surface area contributed by atoms with Crippen molar-refractivity contribution in [3.8, 4) is 5.69 Å². The number of piperazine rings is 1. The molecule has 26 heavy (non-hydrogen) atoms. The van der Waals surface area contributed by atoms with E-state index in [1.54, 1.807) is 24.1 Å². The van der Waals surface area contributed by atoms with E-state index in [-0.39, 0.29) is 11.7 Å². The molecule has 1 aromatic carbocycles. The van der Waals surface area contributed by atoms with Crippen LogP contribution in [0.5, 0.6) is 0 Å². The summed E-state index contributed by atoms with van der Waals surface area (Å²) in [5.41, 5.74) is 1.47. The molecule has 1 amide bonds. The quantitative estimate of drug-likeness (QED) is 0.722. The molecule has 7 nitrogen and oxygen atoms in total. The lowest BCUT2D eigenvalue weighted by molar-refractivity contribution is 0.0698. The Bertz CT molecular complexity index is 887. The minimum Gasteiger partial charge on any atom is -0.336 e. The first-order valence-corrected chi connectivity index (χ1v) is 11.2. The Labute approximate surface area is 158 Å². The minimum atomic E-state index is -3.20. The first-order chi connectivity index (χ1) is 12.5. The van der Waals surface area contributed by atoms with Gasteiger partial charge in [0.15, 0.2) is 5.16 Å². The molecule has 0 radical (unpaired) electrons. The molecule has 1 aliphatic heterocycles. The maximum atomic E-state index is 12.8. The number of rotatable bonds is 5. The lowest BCUT2D eigenvalue weighted by atomic mass is 10.1. The summed E-state index contributed by atoms with van der Waals surface area (Å²) in [6.07, 6.45) is 5.55. The highest BCUT2D eigenvalue weighted by atomic mass is 32.2. The SMILES string of the molecule is CCS(=O)(=O)N1CCN(C(=O)c2cccc(-n3ccnc3SC)c2)CC1. The Morgan fingerprint density at radius 2 is 1.96 bits per heavy atom. The number of imidazole rings is 1. The van der Waals surface area contributed by atoms with E-state index in [9.17, 15) is 13.2 Å². The van der Waals surface area contributed by atoms with Gasteiger partial charge in [0, 0.05) is 49.8 Å². The smallest absolute Gasteiger partial charge is 0.254 e. The number of hydrogen-bond donors (Lipinski definition) is 0. The molecule has 1 saturated heterocycles. The molecule has 1 fully saturated rings. The standard InChI is InChI=1S/C17H22N4O3S2/c1-3-26(23,24)20-11-9-19(10-12-20)16(22)14-5-4-6-15(13-14)21-8-7-18-17(21)25-2/h4-8,13H,3,9-12H2,1-2H3. The Morgan fingerprint density at radius 1 is 1.23 bits per heavy atom. The van der Waals surface area contributed by atoms with Gasteiger partial charge in [-0.25, -0.2) is 13.4 Å². The van der Waals surface area contributed by atoms with Gasteiger partial charge in [-0.1, -0.05) is 17.8 Å². The van der Waals surface area contributed by atoms with E-state index in [2.05, 4.69) is 4.98 Å². The summed E-state index contributed by atoms with van der Waals surface area (Å²) in [6, 6.07) is 7.42. The number of carbonyl (C=O) groups excluding carboxylic acids is 1. The summed E-state index contributed by atoms with van der Waals surface area (Å²) in [5, 5.41) is 0.855. The second-order valence-electron chi connectivity index (χ2n) is 5.93. The predicted octanol–water partition coefficient (Wildman–Crippen LogP) is 1.70. The average molecular weight is 395 g/mol. The molecule has 0 N–H and O–H groups in total. The number of nitrogens with zero attached hydrogens (tertiary/aromatic N) is 4. The van der Waals surface area contributed by atoms with Crippen molar-refractivity contribution in [2.24, 2.45) is 0 Å². The maximum absolute atomic E-state index is 12.8. The monoisotopic (exact) mass is 394 g/mol. The van der Waals surface area contributed by atoms with E-state index in [0.717, 1.165) is 10.8 Å². The highest BCUT2D eigenvalue weighted by Gasteiger charge is 2.28. The molecule has 1 aromatic heterocycles. The summed E-state index contributed by atoms with van der Waals surface area (Å²) in [4.78, 5) is 18.8. The second-order valence-corrected chi connectivity index (χ2v) is 8.96. The fourth-order valence-corrected chi connectivity index (χ4v) is 4.57. The molecule has 2 aromatic rings. The van der Waals surface area contributed by atoms with Crippen LogP contribution in [0.25, 0.3) is 5.69 Å². The van der Waals surface area contributed by atoms with Gasteiger partial charge in [-0.05, 0) is 31.4 Å². The van der Waals surface area contributed by atoms with Crippen LogP contribution in [0.3, 0.4) is 0 Å². The molecule has 0 bridgehead atoms. The molecule has 0 saturated carbocycles. The van der Waals surface area contributed by atoms with E-state index in [4.69, 9.17) is 0 Å². The largest absolute Gasteiger partial charge is 0.336 e. The zero-order chi connectivity index (χ0) is 18.7. The van der Waals surface area contributed by atoms with Crippen molar-refractivity contribution >= 4 is 27.7 Å². The van der Waals surface area contributed by atoms with Gasteiger partial charge in [0.2, 0.25) is 10.0 Å². The number of benzene rings is 1. The zero-order valence-electron chi connectivity index (χ0n) is 14.8. The molecule has 3 rings (SSSR count). The molecule has 0 unspecified atom stereocenters. The molecule has 0 aliphatic carbocycles. The maximum Gasteiger partial charge on any atom is 0.254 e. The van der Waals surface area contributed by atoms with Crippen molar-refractivity contribution in [1.82, 2.24) is 18.8 Å². The fraction of sp³-hybridized carbons (Fsp3) is 0.412. The van der Waals surface area contributed by atoms with Gasteiger partial charge < -0.3 is 4.90 Å². The third kappa shape index (κ3) is 3.79. The summed E-state index contributed by atoms with van der Waals surface area (Å²) in [7, 11) is -3.20. The number of carbonyl (C=O) groups is 1. The topological polar surface area (TPSA) is 75.5 Å². The fourth-order valence-electron chi connectivity index (χ4n) is 2.96. The zero-order valence-corrected chi connectivity index (χ0v) is 16.5. The molecule has 1 aliphatic rings. The van der Waals surface area contributed by atoms with Crippen LogP contribution in [-0.2, 0) is 10.0 Å². The van der Waals surface area contributed by atoms with Crippen LogP contribution in [0, 0.1) is 0 Å². The Balaban J connectivity index is 1.74. The predicted molar refractivity (Wildman–Crippen MR) is 102 cm³/mol. The first-order valence-electron chi connectivity index (χ1n) is 8.41. The van der Waals surface area contributed by atoms with Crippen molar-refractivity contribution < 1.29 is 13.2 Å². The minimum absolute atomic E-state index is 0.0776. The second kappa shape index (κ2) is 7.81. The van der Waals surface area contributed by atoms with Gasteiger partial charge in [-0.3, -0.25) is 9.36 Å². The molecule has 140 valence electrons. The number of hydrogen-bond acceptors (Lipinski definition) is 5. The van der Waals surface area contributed by atoms with Crippen molar-refractivity contribution in [2.75, 3.05) is 38.2 Å². The number of sulfonamides is 1. The Morgan fingerprint density at radius 3 is 2.62 bits per heavy atom. The van der Waals surface area contributed by atoms with Gasteiger partial charge >= 0.3 is 0 Å². The molecule has 9 heteroatoms. The van der Waals surface area contributed by atoms with Crippen LogP contribution in [0.15, 0.2) is 41.8 Å². The van der Waals surface area contributed by atoms with Crippen LogP contribution < -0.4 is 0 Å². The van der Waals surface area contributed by atoms with Crippen molar-refractivity contribution in [3.05, 3.63) is 42.2 Å². The lowest BCUT2D eigenvalue weighted by Gasteiger charge is -2.33. The van der Waals surface area contributed by atoms with Crippen molar-refractivity contribution in [2.45, 2.75) is 12.1 Å². The number of aromatic nitrogens is 2. The summed E-state index contributed by atoms with van der Waals surface area (Å²) >= 11 is 1.54. The Hall–Kier alpha value is -1.84. The lowest BCUT2D eigenvalue weighted by Crippen LogP contribution is -2.50. The third-order valence-electron chi connectivity index (χ3n) is 4.44. The van der Waals surface area contributed by atoms with Gasteiger partial charge in [-0.15, -0.1) is 0 Å². The van der Waals surface area contributed by atoms with E-state index in [0.29, 0.717) is 31.7 Å². The van der Waals surface area contributed by atoms with Gasteiger partial charge in [-0.2, -0.15) is 4.31 Å². The van der Waals surface area contributed by atoms with Crippen LogP contribution in [0.1, 0.15) is 17.3 Å². The van der Waals surface area contributed by atoms with Crippen LogP contribution in [0.2, 0.25) is 0 Å². The first kappa shape index (κ1) is 18.9. The van der Waals surface area contributed by atoms with Crippen molar-refractivity contribution in [1.29, 1.82) is 0 Å². The molecule has 0 atom stereocenters. The number of thioether (sulfide) groups is 1. The average Bonchev–Trinajstić information content (AvgIpc) is 3.16. The van der Waals surface area contributed by atoms with Crippen molar-refractivity contribution in [3.63, 3.8) is 0 Å². The normalized spacial score (nSPS) is 16.0. The van der Waals surface area contributed by atoms with E-state index >= 15 is 0 Å². The third-order valence-corrected chi connectivity index (χ3v) is 6.99. The summed E-state index contributed by atoms with van der Waals surface area (Å²) in [6.45, 7) is 3.14. The van der Waals surface area contributed by atoms with E-state index in [1.807, 2.05) is 35.2 Å². The molecular weight excluding hydrogens is 372 g/mol. The molecular formula is C17H22N4O3S2. The van der Waals surface area contributed by atoms with Crippen LogP contribution in [0.4, 0.5) is 0 Å².